The van der Waals surface area contributed by atoms with E-state index < -0.39 is 17.8 Å². The third-order valence-electron chi connectivity index (χ3n) is 6.15. The number of carbonyl (C=O) groups excluding carboxylic acids is 2. The molecule has 1 aromatic heterocycles. The number of nitrogens with two attached hydrogens (primary N) is 2. The average molecular weight is 533 g/mol. The molecule has 0 bridgehead atoms. The minimum atomic E-state index is -1.27. The maximum absolute atomic E-state index is 13.3. The van der Waals surface area contributed by atoms with Crippen molar-refractivity contribution in [3.63, 3.8) is 0 Å². The molecule has 0 spiro atoms. The molecular weight excluding hydrogens is 500 g/mol. The summed E-state index contributed by atoms with van der Waals surface area (Å²) in [6.07, 6.45) is 0.584. The van der Waals surface area contributed by atoms with Gasteiger partial charge in [0.1, 0.15) is 11.5 Å². The molecular formula is C28H32N6O5. The van der Waals surface area contributed by atoms with Gasteiger partial charge >= 0.3 is 5.97 Å². The van der Waals surface area contributed by atoms with Crippen molar-refractivity contribution < 1.29 is 24.2 Å². The van der Waals surface area contributed by atoms with E-state index in [2.05, 4.69) is 15.6 Å². The molecule has 0 radical (unpaired) electrons. The number of amides is 2. The molecule has 204 valence electrons. The molecule has 0 saturated heterocycles. The minimum absolute atomic E-state index is 0.0764. The predicted molar refractivity (Wildman–Crippen MR) is 148 cm³/mol. The van der Waals surface area contributed by atoms with Crippen LogP contribution in [0.2, 0.25) is 0 Å². The summed E-state index contributed by atoms with van der Waals surface area (Å²) in [5.41, 5.74) is 12.4. The van der Waals surface area contributed by atoms with Crippen LogP contribution in [0.25, 0.3) is 11.1 Å². The van der Waals surface area contributed by atoms with Gasteiger partial charge in [0, 0.05) is 34.5 Å². The molecule has 0 aliphatic heterocycles. The van der Waals surface area contributed by atoms with Gasteiger partial charge in [-0.05, 0) is 66.9 Å². The first-order valence-corrected chi connectivity index (χ1v) is 12.2. The van der Waals surface area contributed by atoms with Crippen molar-refractivity contribution in [1.29, 1.82) is 5.41 Å². The third kappa shape index (κ3) is 6.96. The molecule has 39 heavy (non-hydrogen) atoms. The average Bonchev–Trinajstić information content (AvgIpc) is 2.92. The number of methoxy groups -OCH3 is 1. The largest absolute Gasteiger partial charge is 0.481 e. The van der Waals surface area contributed by atoms with Crippen molar-refractivity contribution in [2.24, 2.45) is 17.4 Å². The fourth-order valence-corrected chi connectivity index (χ4v) is 3.97. The van der Waals surface area contributed by atoms with Crippen LogP contribution in [-0.2, 0) is 0 Å². The summed E-state index contributed by atoms with van der Waals surface area (Å²) >= 11 is 0. The molecule has 3 aromatic rings. The van der Waals surface area contributed by atoms with Gasteiger partial charge in [-0.25, -0.2) is 9.78 Å². The Morgan fingerprint density at radius 1 is 1.00 bits per heavy atom. The highest BCUT2D eigenvalue weighted by Gasteiger charge is 2.23. The van der Waals surface area contributed by atoms with Gasteiger partial charge in [-0.15, -0.1) is 0 Å². The number of hydrogen-bond acceptors (Lipinski definition) is 7. The molecule has 2 amide bonds. The van der Waals surface area contributed by atoms with Crippen molar-refractivity contribution in [2.75, 3.05) is 19.0 Å². The first-order valence-electron chi connectivity index (χ1n) is 12.2. The monoisotopic (exact) mass is 532 g/mol. The van der Waals surface area contributed by atoms with Crippen molar-refractivity contribution in [3.05, 3.63) is 77.0 Å². The van der Waals surface area contributed by atoms with Crippen molar-refractivity contribution >= 4 is 29.3 Å². The summed E-state index contributed by atoms with van der Waals surface area (Å²) in [5.74, 6) is -2.12. The van der Waals surface area contributed by atoms with E-state index in [0.29, 0.717) is 24.2 Å². The quantitative estimate of drug-likeness (QED) is 0.160. The van der Waals surface area contributed by atoms with Crippen LogP contribution in [-0.4, -0.2) is 53.4 Å². The number of carbonyl (C=O) groups is 3. The topological polar surface area (TPSA) is 194 Å². The molecule has 1 heterocycles. The zero-order valence-corrected chi connectivity index (χ0v) is 21.9. The van der Waals surface area contributed by atoms with Crippen LogP contribution < -0.4 is 26.8 Å². The van der Waals surface area contributed by atoms with Gasteiger partial charge in [0.05, 0.1) is 12.7 Å². The number of carboxylic acid groups (broad SMARTS) is 1. The Balaban J connectivity index is 2.01. The van der Waals surface area contributed by atoms with Crippen LogP contribution in [0.5, 0.6) is 5.88 Å². The Bertz CT molecular complexity index is 1390. The normalized spacial score (nSPS) is 11.5. The maximum atomic E-state index is 13.3. The molecule has 1 unspecified atom stereocenters. The summed E-state index contributed by atoms with van der Waals surface area (Å²) in [5, 5.41) is 23.1. The molecule has 2 aromatic carbocycles. The van der Waals surface area contributed by atoms with E-state index in [-0.39, 0.29) is 51.6 Å². The zero-order chi connectivity index (χ0) is 28.7. The number of aromatic carboxylic acids is 1. The fourth-order valence-electron chi connectivity index (χ4n) is 3.97. The number of nitrogens with one attached hydrogen (secondary N) is 3. The number of anilines is 1. The van der Waals surface area contributed by atoms with Crippen molar-refractivity contribution in [3.8, 4) is 17.0 Å². The van der Waals surface area contributed by atoms with Gasteiger partial charge in [0.2, 0.25) is 5.88 Å². The number of carboxylic acids is 1. The summed E-state index contributed by atoms with van der Waals surface area (Å²) in [4.78, 5) is 42.7. The smallest absolute Gasteiger partial charge is 0.336 e. The molecule has 0 aliphatic rings. The Morgan fingerprint density at radius 3 is 2.21 bits per heavy atom. The van der Waals surface area contributed by atoms with E-state index in [1.54, 1.807) is 24.3 Å². The summed E-state index contributed by atoms with van der Waals surface area (Å²) < 4.78 is 5.19. The fraction of sp³-hybridized carbons (Fsp3) is 0.250. The first-order chi connectivity index (χ1) is 18.5. The predicted octanol–water partition coefficient (Wildman–Crippen LogP) is 3.09. The lowest BCUT2D eigenvalue weighted by Crippen LogP contribution is -2.40. The Morgan fingerprint density at radius 2 is 1.64 bits per heavy atom. The Hall–Kier alpha value is -4.77. The highest BCUT2D eigenvalue weighted by molar-refractivity contribution is 6.10. The molecule has 0 aliphatic carbocycles. The molecule has 0 fully saturated rings. The number of benzene rings is 2. The molecule has 11 nitrogen and oxygen atoms in total. The summed E-state index contributed by atoms with van der Waals surface area (Å²) in [6, 6.07) is 13.5. The second-order valence-corrected chi connectivity index (χ2v) is 9.16. The van der Waals surface area contributed by atoms with E-state index in [1.165, 1.54) is 37.4 Å². The second kappa shape index (κ2) is 12.7. The van der Waals surface area contributed by atoms with Crippen LogP contribution in [0.4, 0.5) is 5.69 Å². The van der Waals surface area contributed by atoms with Gasteiger partial charge in [-0.3, -0.25) is 15.0 Å². The number of nitrogens with zero attached hydrogens (tertiary/aromatic N) is 1. The number of rotatable bonds is 11. The van der Waals surface area contributed by atoms with Gasteiger partial charge in [-0.2, -0.15) is 0 Å². The number of hydrogen-bond donors (Lipinski definition) is 6. The van der Waals surface area contributed by atoms with Gasteiger partial charge < -0.3 is 31.9 Å². The highest BCUT2D eigenvalue weighted by atomic mass is 16.5. The first kappa shape index (κ1) is 28.8. The SMILES string of the molecule is COc1ccc(-c2ccc(C(=O)NC(CCN)C(C)C)cc2C(=O)O)c(C(=O)Nc2ccc(C(=N)N)cc2)n1. The molecule has 11 heteroatoms. The van der Waals surface area contributed by atoms with Gasteiger partial charge in [0.15, 0.2) is 0 Å². The summed E-state index contributed by atoms with van der Waals surface area (Å²) in [6.45, 7) is 4.33. The van der Waals surface area contributed by atoms with Crippen molar-refractivity contribution in [1.82, 2.24) is 10.3 Å². The van der Waals surface area contributed by atoms with E-state index >= 15 is 0 Å². The summed E-state index contributed by atoms with van der Waals surface area (Å²) in [7, 11) is 1.40. The molecule has 1 atom stereocenters. The number of amidine groups is 1. The lowest BCUT2D eigenvalue weighted by molar-refractivity contribution is 0.0697. The van der Waals surface area contributed by atoms with Crippen LogP contribution >= 0.6 is 0 Å². The van der Waals surface area contributed by atoms with E-state index in [0.717, 1.165) is 0 Å². The zero-order valence-electron chi connectivity index (χ0n) is 21.9. The highest BCUT2D eigenvalue weighted by Crippen LogP contribution is 2.30. The van der Waals surface area contributed by atoms with Crippen LogP contribution in [0.3, 0.4) is 0 Å². The molecule has 0 saturated carbocycles. The van der Waals surface area contributed by atoms with Crippen LogP contribution in [0.1, 0.15) is 57.0 Å². The van der Waals surface area contributed by atoms with E-state index in [1.807, 2.05) is 13.8 Å². The number of aromatic nitrogens is 1. The Kier molecular flexibility index (Phi) is 9.34. The second-order valence-electron chi connectivity index (χ2n) is 9.16. The standard InChI is InChI=1S/C28H32N6O5/c1-15(2)22(12-13-29)33-26(35)17-6-9-19(21(14-17)28(37)38)20-10-11-23(39-3)34-24(20)27(36)32-18-7-4-16(5-8-18)25(30)31/h4-11,14-15,22H,12-13,29H2,1-3H3,(H3,30,31)(H,32,36)(H,33,35)(H,37,38). The third-order valence-corrected chi connectivity index (χ3v) is 6.15. The van der Waals surface area contributed by atoms with E-state index in [9.17, 15) is 19.5 Å². The maximum Gasteiger partial charge on any atom is 0.336 e. The molecule has 3 rings (SSSR count). The van der Waals surface area contributed by atoms with Gasteiger partial charge in [0.25, 0.3) is 11.8 Å². The van der Waals surface area contributed by atoms with E-state index in [4.69, 9.17) is 21.6 Å². The van der Waals surface area contributed by atoms with Gasteiger partial charge in [-0.1, -0.05) is 19.9 Å². The van der Waals surface area contributed by atoms with Crippen LogP contribution in [0.15, 0.2) is 54.6 Å². The number of pyridine rings is 1. The Labute approximate surface area is 226 Å². The number of nitrogen functional groups attached to an aromatic ring is 1. The minimum Gasteiger partial charge on any atom is -0.481 e. The number of ether oxygens (including phenoxy) is 1. The van der Waals surface area contributed by atoms with Crippen LogP contribution in [0, 0.1) is 11.3 Å². The lowest BCUT2D eigenvalue weighted by Gasteiger charge is -2.22. The van der Waals surface area contributed by atoms with Crippen molar-refractivity contribution in [2.45, 2.75) is 26.3 Å². The lowest BCUT2D eigenvalue weighted by atomic mass is 9.95. The molecule has 8 N–H and O–H groups in total.